The second kappa shape index (κ2) is 1.87. The maximum Gasteiger partial charge on any atom is 0.232 e. The van der Waals surface area contributed by atoms with E-state index in [2.05, 4.69) is 4.99 Å². The molecule has 1 aliphatic rings. The fraction of sp³-hybridized carbons (Fsp3) is 0.600. The van der Waals surface area contributed by atoms with Gasteiger partial charge in [0, 0.05) is 6.21 Å². The number of hydrogen-bond acceptors (Lipinski definition) is 1. The number of carbonyl (C=O) groups excluding carboxylic acids is 1. The maximum atomic E-state index is 9.54. The Balaban J connectivity index is 2.17. The van der Waals surface area contributed by atoms with E-state index in [0.29, 0.717) is 12.3 Å². The molecule has 7 heavy (non-hydrogen) atoms. The van der Waals surface area contributed by atoms with Crippen molar-refractivity contribution in [3.63, 3.8) is 0 Å². The van der Waals surface area contributed by atoms with E-state index in [0.717, 1.165) is 0 Å². The minimum Gasteiger partial charge on any atom is -0.276 e. The highest BCUT2D eigenvalue weighted by Gasteiger charge is 2.17. The minimum atomic E-state index is 0.582. The molecule has 0 bridgehead atoms. The van der Waals surface area contributed by atoms with Crippen molar-refractivity contribution >= 4 is 12.6 Å². The van der Waals surface area contributed by atoms with Crippen molar-refractivity contribution in [3.8, 4) is 0 Å². The van der Waals surface area contributed by atoms with Crippen LogP contribution in [-0.2, 0) is 4.79 Å². The van der Waals surface area contributed by atoms with Gasteiger partial charge in [-0.15, -0.1) is 0 Å². The van der Waals surface area contributed by atoms with Crippen molar-refractivity contribution in [1.29, 1.82) is 0 Å². The molecule has 0 saturated heterocycles. The van der Waals surface area contributed by atoms with Gasteiger partial charge in [0.05, 0.1) is 0 Å². The number of amides is 1. The van der Waals surface area contributed by atoms with Gasteiger partial charge >= 0.3 is 0 Å². The van der Waals surface area contributed by atoms with Crippen LogP contribution < -0.4 is 0 Å². The first-order valence-electron chi connectivity index (χ1n) is 2.40. The first-order chi connectivity index (χ1) is 3.43. The van der Waals surface area contributed by atoms with Gasteiger partial charge in [0.2, 0.25) is 6.41 Å². The minimum absolute atomic E-state index is 0.582. The standard InChI is InChI=1S/C5H7NO/c7-4-6-3-5-1-2-5/h3-5H,1-2H2. The Morgan fingerprint density at radius 1 is 1.57 bits per heavy atom. The predicted octanol–water partition coefficient (Wildman–Crippen LogP) is 0.624. The molecule has 0 aromatic rings. The molecule has 0 unspecified atom stereocenters. The van der Waals surface area contributed by atoms with Crippen LogP contribution in [0.2, 0.25) is 0 Å². The van der Waals surface area contributed by atoms with E-state index in [1.165, 1.54) is 12.8 Å². The van der Waals surface area contributed by atoms with Gasteiger partial charge in [-0.25, -0.2) is 4.99 Å². The SMILES string of the molecule is O=CN=CC1CC1. The Morgan fingerprint density at radius 3 is 2.71 bits per heavy atom. The third-order valence-corrected chi connectivity index (χ3v) is 0.980. The summed E-state index contributed by atoms with van der Waals surface area (Å²) in [5.74, 6) is 0.630. The van der Waals surface area contributed by atoms with Gasteiger partial charge < -0.3 is 0 Å². The normalized spacial score (nSPS) is 20.6. The van der Waals surface area contributed by atoms with Crippen LogP contribution in [0, 0.1) is 5.92 Å². The Morgan fingerprint density at radius 2 is 2.29 bits per heavy atom. The molecule has 38 valence electrons. The summed E-state index contributed by atoms with van der Waals surface area (Å²) in [5, 5.41) is 0. The fourth-order valence-electron chi connectivity index (χ4n) is 0.402. The van der Waals surface area contributed by atoms with Crippen molar-refractivity contribution in [2.45, 2.75) is 12.8 Å². The highest BCUT2D eigenvalue weighted by atomic mass is 16.1. The van der Waals surface area contributed by atoms with Gasteiger partial charge in [-0.05, 0) is 18.8 Å². The molecule has 1 fully saturated rings. The highest BCUT2D eigenvalue weighted by Crippen LogP contribution is 2.25. The van der Waals surface area contributed by atoms with Crippen LogP contribution in [0.3, 0.4) is 0 Å². The molecule has 1 rings (SSSR count). The van der Waals surface area contributed by atoms with E-state index in [-0.39, 0.29) is 0 Å². The Labute approximate surface area is 42.3 Å². The van der Waals surface area contributed by atoms with Crippen molar-refractivity contribution in [1.82, 2.24) is 0 Å². The third kappa shape index (κ3) is 1.48. The average molecular weight is 97.1 g/mol. The first kappa shape index (κ1) is 4.50. The molecule has 0 heterocycles. The van der Waals surface area contributed by atoms with Gasteiger partial charge in [-0.3, -0.25) is 4.79 Å². The van der Waals surface area contributed by atoms with Crippen LogP contribution >= 0.6 is 0 Å². The summed E-state index contributed by atoms with van der Waals surface area (Å²) in [6, 6.07) is 0. The third-order valence-electron chi connectivity index (χ3n) is 0.980. The summed E-state index contributed by atoms with van der Waals surface area (Å²) in [5.41, 5.74) is 0. The second-order valence-electron chi connectivity index (χ2n) is 1.74. The van der Waals surface area contributed by atoms with Crippen LogP contribution in [0.5, 0.6) is 0 Å². The van der Waals surface area contributed by atoms with Gasteiger partial charge in [0.25, 0.3) is 0 Å². The maximum absolute atomic E-state index is 9.54. The van der Waals surface area contributed by atoms with Gasteiger partial charge in [0.1, 0.15) is 0 Å². The van der Waals surface area contributed by atoms with Crippen LogP contribution in [0.25, 0.3) is 0 Å². The molecular formula is C5H7NO. The fourth-order valence-corrected chi connectivity index (χ4v) is 0.402. The zero-order valence-electron chi connectivity index (χ0n) is 4.00. The van der Waals surface area contributed by atoms with Gasteiger partial charge in [0.15, 0.2) is 0 Å². The number of hydrogen-bond donors (Lipinski definition) is 0. The lowest BCUT2D eigenvalue weighted by Gasteiger charge is -1.68. The molecule has 1 aliphatic carbocycles. The molecule has 1 amide bonds. The molecule has 0 aliphatic heterocycles. The summed E-state index contributed by atoms with van der Waals surface area (Å²) in [4.78, 5) is 13.0. The quantitative estimate of drug-likeness (QED) is 0.367. The number of carbonyl (C=O) groups is 1. The van der Waals surface area contributed by atoms with Crippen LogP contribution in [0.1, 0.15) is 12.8 Å². The number of rotatable bonds is 2. The van der Waals surface area contributed by atoms with Crippen molar-refractivity contribution in [2.24, 2.45) is 10.9 Å². The molecule has 0 atom stereocenters. The molecule has 2 heteroatoms. The predicted molar refractivity (Wildman–Crippen MR) is 27.3 cm³/mol. The van der Waals surface area contributed by atoms with Crippen molar-refractivity contribution in [3.05, 3.63) is 0 Å². The molecule has 1 saturated carbocycles. The van der Waals surface area contributed by atoms with E-state index in [1.807, 2.05) is 0 Å². The van der Waals surface area contributed by atoms with Crippen LogP contribution in [0.15, 0.2) is 4.99 Å². The highest BCUT2D eigenvalue weighted by molar-refractivity contribution is 5.72. The van der Waals surface area contributed by atoms with E-state index in [4.69, 9.17) is 0 Å². The zero-order valence-corrected chi connectivity index (χ0v) is 4.00. The van der Waals surface area contributed by atoms with E-state index in [9.17, 15) is 4.79 Å². The summed E-state index contributed by atoms with van der Waals surface area (Å²) in [6.45, 7) is 0. The van der Waals surface area contributed by atoms with Gasteiger partial charge in [-0.2, -0.15) is 0 Å². The van der Waals surface area contributed by atoms with E-state index in [1.54, 1.807) is 6.21 Å². The van der Waals surface area contributed by atoms with Crippen LogP contribution in [-0.4, -0.2) is 12.6 Å². The second-order valence-corrected chi connectivity index (χ2v) is 1.74. The van der Waals surface area contributed by atoms with E-state index >= 15 is 0 Å². The molecule has 0 spiro atoms. The lowest BCUT2D eigenvalue weighted by Crippen LogP contribution is -1.73. The summed E-state index contributed by atoms with van der Waals surface area (Å²) in [7, 11) is 0. The molecule has 0 N–H and O–H groups in total. The molecule has 0 aromatic carbocycles. The zero-order chi connectivity index (χ0) is 5.11. The van der Waals surface area contributed by atoms with Gasteiger partial charge in [-0.1, -0.05) is 0 Å². The summed E-state index contributed by atoms with van der Waals surface area (Å²) in [6.07, 6.45) is 4.74. The smallest absolute Gasteiger partial charge is 0.232 e. The Kier molecular flexibility index (Phi) is 1.20. The molecule has 2 nitrogen and oxygen atoms in total. The first-order valence-corrected chi connectivity index (χ1v) is 2.40. The van der Waals surface area contributed by atoms with Crippen molar-refractivity contribution < 1.29 is 4.79 Å². The lowest BCUT2D eigenvalue weighted by atomic mass is 10.5. The largest absolute Gasteiger partial charge is 0.276 e. The lowest BCUT2D eigenvalue weighted by molar-refractivity contribution is -0.106. The monoisotopic (exact) mass is 97.1 g/mol. The number of nitrogens with zero attached hydrogens (tertiary/aromatic N) is 1. The Bertz CT molecular complexity index is 94.3. The Hall–Kier alpha value is -0.660. The number of aliphatic imine (C=N–C) groups is 1. The van der Waals surface area contributed by atoms with Crippen molar-refractivity contribution in [2.75, 3.05) is 0 Å². The summed E-state index contributed by atoms with van der Waals surface area (Å²) >= 11 is 0. The van der Waals surface area contributed by atoms with E-state index < -0.39 is 0 Å². The molecule has 0 radical (unpaired) electrons. The molecular weight excluding hydrogens is 90.1 g/mol. The van der Waals surface area contributed by atoms with Crippen LogP contribution in [0.4, 0.5) is 0 Å². The summed E-state index contributed by atoms with van der Waals surface area (Å²) < 4.78 is 0. The topological polar surface area (TPSA) is 29.4 Å². The molecule has 0 aromatic heterocycles. The average Bonchev–Trinajstić information content (AvgIpc) is 2.42.